The second-order valence-corrected chi connectivity index (χ2v) is 5.04. The van der Waals surface area contributed by atoms with Crippen molar-refractivity contribution >= 4 is 0 Å². The van der Waals surface area contributed by atoms with E-state index in [1.807, 2.05) is 0 Å². The Labute approximate surface area is 121 Å². The topological polar surface area (TPSA) is 0 Å². The number of rotatable bonds is 6. The summed E-state index contributed by atoms with van der Waals surface area (Å²) in [6, 6.07) is 17.3. The molecule has 0 aromatic heterocycles. The molecule has 104 valence electrons. The summed E-state index contributed by atoms with van der Waals surface area (Å²) in [6.07, 6.45) is 6.13. The van der Waals surface area contributed by atoms with Gasteiger partial charge >= 0.3 is 0 Å². The van der Waals surface area contributed by atoms with E-state index in [2.05, 4.69) is 55.5 Å². The molecular formula is C19H21F. The van der Waals surface area contributed by atoms with Gasteiger partial charge in [0, 0.05) is 0 Å². The minimum atomic E-state index is 0.617. The van der Waals surface area contributed by atoms with Crippen LogP contribution in [-0.2, 0) is 12.8 Å². The van der Waals surface area contributed by atoms with E-state index in [1.54, 1.807) is 6.08 Å². The van der Waals surface area contributed by atoms with E-state index in [9.17, 15) is 4.39 Å². The molecule has 0 N–H and O–H groups in total. The minimum Gasteiger partial charge on any atom is -0.216 e. The summed E-state index contributed by atoms with van der Waals surface area (Å²) in [7, 11) is 0. The average molecular weight is 268 g/mol. The molecule has 20 heavy (non-hydrogen) atoms. The second kappa shape index (κ2) is 7.64. The molecule has 0 radical (unpaired) electrons. The van der Waals surface area contributed by atoms with Gasteiger partial charge in [0.25, 0.3) is 0 Å². The largest absolute Gasteiger partial charge is 0.216 e. The molecule has 0 heterocycles. The first-order valence-electron chi connectivity index (χ1n) is 7.27. The summed E-state index contributed by atoms with van der Waals surface area (Å²) in [4.78, 5) is 0. The third-order valence-corrected chi connectivity index (χ3v) is 3.47. The monoisotopic (exact) mass is 268 g/mol. The van der Waals surface area contributed by atoms with Crippen LogP contribution in [0.1, 0.15) is 30.9 Å². The molecule has 0 aliphatic rings. The molecule has 2 rings (SSSR count). The number of benzene rings is 2. The van der Waals surface area contributed by atoms with Gasteiger partial charge in [-0.1, -0.05) is 68.0 Å². The fourth-order valence-electron chi connectivity index (χ4n) is 2.33. The van der Waals surface area contributed by atoms with E-state index < -0.39 is 0 Å². The summed E-state index contributed by atoms with van der Waals surface area (Å²) >= 11 is 0. The van der Waals surface area contributed by atoms with Gasteiger partial charge in [-0.25, -0.2) is 4.39 Å². The number of aryl methyl sites for hydroxylation is 2. The molecule has 0 aliphatic carbocycles. The van der Waals surface area contributed by atoms with Crippen LogP contribution in [0.3, 0.4) is 0 Å². The van der Waals surface area contributed by atoms with Crippen LogP contribution in [-0.4, -0.2) is 0 Å². The summed E-state index contributed by atoms with van der Waals surface area (Å²) in [5.74, 6) is 0. The molecule has 0 unspecified atom stereocenters. The Hall–Kier alpha value is -1.89. The molecule has 0 nitrogen and oxygen atoms in total. The van der Waals surface area contributed by atoms with Gasteiger partial charge in [-0.15, -0.1) is 0 Å². The van der Waals surface area contributed by atoms with Crippen molar-refractivity contribution in [1.29, 1.82) is 0 Å². The van der Waals surface area contributed by atoms with Crippen LogP contribution in [0.4, 0.5) is 4.39 Å². The normalized spacial score (nSPS) is 11.1. The molecule has 0 bridgehead atoms. The molecule has 2 aromatic rings. The predicted octanol–water partition coefficient (Wildman–Crippen LogP) is 5.72. The first-order chi connectivity index (χ1) is 9.83. The van der Waals surface area contributed by atoms with Crippen LogP contribution in [0, 0.1) is 0 Å². The summed E-state index contributed by atoms with van der Waals surface area (Å²) in [6.45, 7) is 2.20. The maximum absolute atomic E-state index is 11.9. The Balaban J connectivity index is 2.05. The van der Waals surface area contributed by atoms with Crippen molar-refractivity contribution in [3.05, 3.63) is 72.1 Å². The van der Waals surface area contributed by atoms with Crippen molar-refractivity contribution in [1.82, 2.24) is 0 Å². The van der Waals surface area contributed by atoms with Crippen LogP contribution in [0.15, 0.2) is 60.9 Å². The van der Waals surface area contributed by atoms with Crippen molar-refractivity contribution in [3.63, 3.8) is 0 Å². The van der Waals surface area contributed by atoms with Crippen molar-refractivity contribution in [2.45, 2.75) is 32.6 Å². The highest BCUT2D eigenvalue weighted by Crippen LogP contribution is 2.21. The molecule has 2 aromatic carbocycles. The lowest BCUT2D eigenvalue weighted by Gasteiger charge is -2.05. The average Bonchev–Trinajstić information content (AvgIpc) is 2.49. The number of allylic oxidation sites excluding steroid dienone is 1. The zero-order valence-electron chi connectivity index (χ0n) is 12.0. The first kappa shape index (κ1) is 14.5. The standard InChI is InChI=1S/C19H21F/c1-2-5-16-7-11-18(12-8-16)19-13-9-17(10-14-19)6-3-4-15-20/h4,7-15H,2-3,5-6H2,1H3/b15-4+. The highest BCUT2D eigenvalue weighted by atomic mass is 19.1. The van der Waals surface area contributed by atoms with Gasteiger partial charge in [0.15, 0.2) is 0 Å². The lowest BCUT2D eigenvalue weighted by Crippen LogP contribution is -1.86. The Bertz CT molecular complexity index is 535. The Morgan fingerprint density at radius 3 is 1.75 bits per heavy atom. The molecule has 0 atom stereocenters. The molecular weight excluding hydrogens is 247 g/mol. The Morgan fingerprint density at radius 1 is 0.800 bits per heavy atom. The molecule has 0 amide bonds. The van der Waals surface area contributed by atoms with Gasteiger partial charge in [0.2, 0.25) is 0 Å². The van der Waals surface area contributed by atoms with Crippen LogP contribution in [0.25, 0.3) is 11.1 Å². The summed E-state index contributed by atoms with van der Waals surface area (Å²) in [5.41, 5.74) is 5.12. The van der Waals surface area contributed by atoms with Crippen LogP contribution in [0.2, 0.25) is 0 Å². The predicted molar refractivity (Wildman–Crippen MR) is 84.4 cm³/mol. The summed E-state index contributed by atoms with van der Waals surface area (Å²) < 4.78 is 11.9. The molecule has 0 saturated carbocycles. The van der Waals surface area contributed by atoms with Gasteiger partial charge in [-0.05, 0) is 41.5 Å². The van der Waals surface area contributed by atoms with Crippen LogP contribution < -0.4 is 0 Å². The third kappa shape index (κ3) is 4.06. The van der Waals surface area contributed by atoms with Gasteiger partial charge in [0.05, 0.1) is 6.33 Å². The SMILES string of the molecule is CCCc1ccc(-c2ccc(CC/C=C/F)cc2)cc1. The van der Waals surface area contributed by atoms with Gasteiger partial charge in [-0.3, -0.25) is 0 Å². The molecule has 0 aliphatic heterocycles. The first-order valence-corrected chi connectivity index (χ1v) is 7.27. The lowest BCUT2D eigenvalue weighted by molar-refractivity contribution is 0.713. The van der Waals surface area contributed by atoms with Gasteiger partial charge in [-0.2, -0.15) is 0 Å². The maximum Gasteiger partial charge on any atom is 0.0827 e. The molecule has 0 fully saturated rings. The zero-order chi connectivity index (χ0) is 14.2. The highest BCUT2D eigenvalue weighted by molar-refractivity contribution is 5.63. The number of halogens is 1. The fraction of sp³-hybridized carbons (Fsp3) is 0.263. The zero-order valence-corrected chi connectivity index (χ0v) is 12.0. The number of hydrogen-bond donors (Lipinski definition) is 0. The van der Waals surface area contributed by atoms with E-state index in [0.717, 1.165) is 19.3 Å². The fourth-order valence-corrected chi connectivity index (χ4v) is 2.33. The van der Waals surface area contributed by atoms with E-state index >= 15 is 0 Å². The van der Waals surface area contributed by atoms with Crippen LogP contribution in [0.5, 0.6) is 0 Å². The smallest absolute Gasteiger partial charge is 0.0827 e. The quantitative estimate of drug-likeness (QED) is 0.628. The Kier molecular flexibility index (Phi) is 5.55. The second-order valence-electron chi connectivity index (χ2n) is 5.04. The van der Waals surface area contributed by atoms with Crippen LogP contribution >= 0.6 is 0 Å². The van der Waals surface area contributed by atoms with Crippen molar-refractivity contribution in [2.75, 3.05) is 0 Å². The highest BCUT2D eigenvalue weighted by Gasteiger charge is 1.99. The van der Waals surface area contributed by atoms with Crippen molar-refractivity contribution in [3.8, 4) is 11.1 Å². The van der Waals surface area contributed by atoms with Gasteiger partial charge < -0.3 is 0 Å². The van der Waals surface area contributed by atoms with Gasteiger partial charge in [0.1, 0.15) is 0 Å². The van der Waals surface area contributed by atoms with E-state index in [1.165, 1.54) is 28.7 Å². The summed E-state index contributed by atoms with van der Waals surface area (Å²) in [5, 5.41) is 0. The molecule has 0 spiro atoms. The molecule has 0 saturated heterocycles. The van der Waals surface area contributed by atoms with E-state index in [4.69, 9.17) is 0 Å². The Morgan fingerprint density at radius 2 is 1.30 bits per heavy atom. The molecule has 1 heteroatoms. The van der Waals surface area contributed by atoms with Crippen molar-refractivity contribution in [2.24, 2.45) is 0 Å². The minimum absolute atomic E-state index is 0.617. The van der Waals surface area contributed by atoms with Crippen molar-refractivity contribution < 1.29 is 4.39 Å². The van der Waals surface area contributed by atoms with E-state index in [-0.39, 0.29) is 0 Å². The third-order valence-electron chi connectivity index (χ3n) is 3.47. The van der Waals surface area contributed by atoms with E-state index in [0.29, 0.717) is 6.33 Å². The lowest BCUT2D eigenvalue weighted by atomic mass is 10.00. The maximum atomic E-state index is 11.9. The number of hydrogen-bond acceptors (Lipinski definition) is 0.